The second kappa shape index (κ2) is 6.84. The molecule has 1 atom stereocenters. The molecule has 1 saturated heterocycles. The first-order valence-electron chi connectivity index (χ1n) is 7.79. The number of oxazole rings is 1. The maximum atomic E-state index is 14.5. The number of hydrogen-bond donors (Lipinski definition) is 1. The average Bonchev–Trinajstić information content (AvgIpc) is 3.15. The Bertz CT molecular complexity index is 918. The van der Waals surface area contributed by atoms with E-state index in [0.717, 1.165) is 0 Å². The second-order valence-corrected chi connectivity index (χ2v) is 5.75. The van der Waals surface area contributed by atoms with E-state index in [1.165, 1.54) is 30.0 Å². The molecule has 0 aliphatic carbocycles. The van der Waals surface area contributed by atoms with Crippen molar-refractivity contribution >= 4 is 17.7 Å². The molecule has 1 aliphatic rings. The molecule has 26 heavy (non-hydrogen) atoms. The molecule has 0 radical (unpaired) electrons. The number of anilines is 1. The lowest BCUT2D eigenvalue weighted by molar-refractivity contribution is -0.119. The molecule has 1 fully saturated rings. The third kappa shape index (κ3) is 3.35. The number of cyclic esters (lactones) is 1. The summed E-state index contributed by atoms with van der Waals surface area (Å²) in [5, 5.41) is 11.5. The summed E-state index contributed by atoms with van der Waals surface area (Å²) in [7, 11) is 0. The number of carbonyl (C=O) groups is 2. The smallest absolute Gasteiger partial charge is 0.414 e. The monoisotopic (exact) mass is 358 g/mol. The van der Waals surface area contributed by atoms with Gasteiger partial charge in [0, 0.05) is 6.92 Å². The predicted octanol–water partition coefficient (Wildman–Crippen LogP) is 2.12. The molecule has 1 aromatic heterocycles. The van der Waals surface area contributed by atoms with E-state index in [1.807, 2.05) is 6.07 Å². The van der Waals surface area contributed by atoms with E-state index in [0.29, 0.717) is 11.4 Å². The van der Waals surface area contributed by atoms with Gasteiger partial charge in [-0.2, -0.15) is 10.2 Å². The van der Waals surface area contributed by atoms with Crippen molar-refractivity contribution in [1.82, 2.24) is 10.3 Å². The molecule has 134 valence electrons. The minimum absolute atomic E-state index is 0.00404. The van der Waals surface area contributed by atoms with Gasteiger partial charge in [0.25, 0.3) is 0 Å². The van der Waals surface area contributed by atoms with Crippen LogP contribution in [0.1, 0.15) is 18.4 Å². The largest absolute Gasteiger partial charge is 0.442 e. The van der Waals surface area contributed by atoms with Gasteiger partial charge in [0.1, 0.15) is 23.8 Å². The van der Waals surface area contributed by atoms with Gasteiger partial charge in [0.2, 0.25) is 11.8 Å². The van der Waals surface area contributed by atoms with E-state index in [-0.39, 0.29) is 36.1 Å². The molecule has 8 nitrogen and oxygen atoms in total. The highest BCUT2D eigenvalue weighted by molar-refractivity contribution is 5.90. The summed E-state index contributed by atoms with van der Waals surface area (Å²) in [6.45, 7) is 3.31. The second-order valence-electron chi connectivity index (χ2n) is 5.75. The van der Waals surface area contributed by atoms with Gasteiger partial charge >= 0.3 is 6.09 Å². The lowest BCUT2D eigenvalue weighted by Gasteiger charge is -2.13. The molecular weight excluding hydrogens is 343 g/mol. The molecule has 3 rings (SSSR count). The van der Waals surface area contributed by atoms with Crippen LogP contribution in [0, 0.1) is 24.1 Å². The van der Waals surface area contributed by atoms with Gasteiger partial charge in [0.15, 0.2) is 5.69 Å². The number of hydrogen-bond acceptors (Lipinski definition) is 6. The Hall–Kier alpha value is -3.41. The van der Waals surface area contributed by atoms with Gasteiger partial charge in [0.05, 0.1) is 24.3 Å². The number of nitrogens with zero attached hydrogens (tertiary/aromatic N) is 3. The average molecular weight is 358 g/mol. The summed E-state index contributed by atoms with van der Waals surface area (Å²) in [5.74, 6) is -0.579. The zero-order valence-electron chi connectivity index (χ0n) is 14.1. The van der Waals surface area contributed by atoms with E-state index in [9.17, 15) is 14.0 Å². The zero-order chi connectivity index (χ0) is 18.8. The van der Waals surface area contributed by atoms with Crippen LogP contribution in [0.4, 0.5) is 14.9 Å². The number of carbonyl (C=O) groups excluding carboxylic acids is 2. The van der Waals surface area contributed by atoms with Crippen molar-refractivity contribution in [1.29, 1.82) is 5.26 Å². The Balaban J connectivity index is 1.80. The first-order valence-corrected chi connectivity index (χ1v) is 7.79. The van der Waals surface area contributed by atoms with Gasteiger partial charge in [-0.25, -0.2) is 9.18 Å². The number of nitriles is 1. The van der Waals surface area contributed by atoms with E-state index in [4.69, 9.17) is 14.4 Å². The minimum atomic E-state index is -0.647. The molecule has 2 heterocycles. The Labute approximate surface area is 148 Å². The quantitative estimate of drug-likeness (QED) is 0.897. The van der Waals surface area contributed by atoms with Crippen molar-refractivity contribution in [3.8, 4) is 17.5 Å². The normalized spacial score (nSPS) is 16.3. The van der Waals surface area contributed by atoms with E-state index in [2.05, 4.69) is 10.3 Å². The van der Waals surface area contributed by atoms with Crippen LogP contribution in [-0.2, 0) is 9.53 Å². The van der Waals surface area contributed by atoms with Crippen molar-refractivity contribution in [2.75, 3.05) is 18.0 Å². The van der Waals surface area contributed by atoms with E-state index >= 15 is 0 Å². The fraction of sp³-hybridized carbons (Fsp3) is 0.294. The van der Waals surface area contributed by atoms with Crippen LogP contribution in [0.5, 0.6) is 0 Å². The number of amides is 2. The van der Waals surface area contributed by atoms with E-state index in [1.54, 1.807) is 6.92 Å². The summed E-state index contributed by atoms with van der Waals surface area (Å²) in [6.07, 6.45) is -1.13. The van der Waals surface area contributed by atoms with Crippen LogP contribution in [0.15, 0.2) is 22.6 Å². The molecule has 1 aliphatic heterocycles. The third-order valence-electron chi connectivity index (χ3n) is 3.85. The van der Waals surface area contributed by atoms with Gasteiger partial charge < -0.3 is 14.5 Å². The highest BCUT2D eigenvalue weighted by Gasteiger charge is 2.33. The highest BCUT2D eigenvalue weighted by Crippen LogP contribution is 2.29. The third-order valence-corrected chi connectivity index (χ3v) is 3.85. The molecule has 0 bridgehead atoms. The molecular formula is C17H15FN4O4. The predicted molar refractivity (Wildman–Crippen MR) is 87.6 cm³/mol. The molecule has 0 saturated carbocycles. The van der Waals surface area contributed by atoms with Gasteiger partial charge in [-0.05, 0) is 25.1 Å². The summed E-state index contributed by atoms with van der Waals surface area (Å²) in [6, 6.07) is 5.99. The van der Waals surface area contributed by atoms with Crippen molar-refractivity contribution < 1.29 is 23.1 Å². The summed E-state index contributed by atoms with van der Waals surface area (Å²) in [5.41, 5.74) is 0.485. The van der Waals surface area contributed by atoms with Gasteiger partial charge in [-0.1, -0.05) is 0 Å². The van der Waals surface area contributed by atoms with Crippen molar-refractivity contribution in [2.45, 2.75) is 20.0 Å². The molecule has 1 unspecified atom stereocenters. The number of halogens is 1. The Kier molecular flexibility index (Phi) is 4.58. The molecule has 1 aromatic carbocycles. The molecule has 9 heteroatoms. The van der Waals surface area contributed by atoms with Crippen LogP contribution < -0.4 is 10.2 Å². The first-order chi connectivity index (χ1) is 12.4. The Morgan fingerprint density at radius 2 is 2.31 bits per heavy atom. The summed E-state index contributed by atoms with van der Waals surface area (Å²) < 4.78 is 25.0. The van der Waals surface area contributed by atoms with E-state index < -0.39 is 18.0 Å². The minimum Gasteiger partial charge on any atom is -0.442 e. The number of aryl methyl sites for hydroxylation is 1. The van der Waals surface area contributed by atoms with Gasteiger partial charge in [-0.15, -0.1) is 0 Å². The fourth-order valence-electron chi connectivity index (χ4n) is 2.56. The summed E-state index contributed by atoms with van der Waals surface area (Å²) in [4.78, 5) is 28.2. The zero-order valence-corrected chi connectivity index (χ0v) is 14.1. The number of rotatable bonds is 4. The van der Waals surface area contributed by atoms with Crippen LogP contribution in [0.25, 0.3) is 11.5 Å². The Morgan fingerprint density at radius 3 is 2.92 bits per heavy atom. The molecule has 2 amide bonds. The number of ether oxygens (including phenoxy) is 1. The maximum absolute atomic E-state index is 14.5. The SMILES string of the molecule is CC(=O)NCC1CN(c2ccc(-c3nc(C#N)c(C)o3)c(F)c2)C(=O)O1. The first kappa shape index (κ1) is 17.4. The molecule has 2 aromatic rings. The Morgan fingerprint density at radius 1 is 1.54 bits per heavy atom. The molecule has 1 N–H and O–H groups in total. The number of aromatic nitrogens is 1. The van der Waals surface area contributed by atoms with Crippen LogP contribution in [0.2, 0.25) is 0 Å². The highest BCUT2D eigenvalue weighted by atomic mass is 19.1. The van der Waals surface area contributed by atoms with Crippen molar-refractivity contribution in [3.05, 3.63) is 35.5 Å². The lowest BCUT2D eigenvalue weighted by atomic mass is 10.1. The lowest BCUT2D eigenvalue weighted by Crippen LogP contribution is -2.33. The topological polar surface area (TPSA) is 108 Å². The fourth-order valence-corrected chi connectivity index (χ4v) is 2.56. The standard InChI is InChI=1S/C17H15FN4O4/c1-9-15(6-19)21-16(25-9)13-4-3-11(5-14(13)18)22-8-12(26-17(22)24)7-20-10(2)23/h3-5,12H,7-8H2,1-2H3,(H,20,23). The van der Waals surface area contributed by atoms with Crippen molar-refractivity contribution in [3.63, 3.8) is 0 Å². The summed E-state index contributed by atoms with van der Waals surface area (Å²) >= 11 is 0. The maximum Gasteiger partial charge on any atom is 0.414 e. The van der Waals surface area contributed by atoms with Crippen LogP contribution >= 0.6 is 0 Å². The van der Waals surface area contributed by atoms with Gasteiger partial charge in [-0.3, -0.25) is 9.69 Å². The number of benzene rings is 1. The molecule has 0 spiro atoms. The van der Waals surface area contributed by atoms with Crippen LogP contribution in [-0.4, -0.2) is 36.2 Å². The van der Waals surface area contributed by atoms with Crippen LogP contribution in [0.3, 0.4) is 0 Å². The van der Waals surface area contributed by atoms with Crippen molar-refractivity contribution in [2.24, 2.45) is 0 Å². The number of nitrogens with one attached hydrogen (secondary N) is 1.